The lowest BCUT2D eigenvalue weighted by Crippen LogP contribution is -2.44. The fraction of sp³-hybridized carbons (Fsp3) is 0.423. The molecule has 0 aliphatic carbocycles. The van der Waals surface area contributed by atoms with Crippen molar-refractivity contribution in [3.63, 3.8) is 0 Å². The van der Waals surface area contributed by atoms with Crippen LogP contribution in [0.1, 0.15) is 39.2 Å². The van der Waals surface area contributed by atoms with Crippen LogP contribution in [-0.4, -0.2) is 55.1 Å². The molecule has 10 heteroatoms. The van der Waals surface area contributed by atoms with Gasteiger partial charge in [0, 0.05) is 18.8 Å². The van der Waals surface area contributed by atoms with Gasteiger partial charge in [-0.2, -0.15) is 4.31 Å². The van der Waals surface area contributed by atoms with Crippen LogP contribution < -0.4 is 10.6 Å². The number of carbonyl (C=O) groups is 3. The first-order valence-corrected chi connectivity index (χ1v) is 13.6. The maximum absolute atomic E-state index is 13.2. The standard InChI is InChI=1S/C26H32N4O5S/c1-4-26(20-8-6-5-7-9-20)24(32)30(25(33)28-26)17-23(31)27-21-10-12-22(13-11-21)36(34,35)29-15-18(2)14-19(3)16-29/h5-13,18-19H,4,14-17H2,1-3H3,(H,27,31)(H,28,33)/t18-,19+,26-/m0/s1. The Balaban J connectivity index is 1.43. The van der Waals surface area contributed by atoms with Crippen molar-refractivity contribution < 1.29 is 22.8 Å². The average molecular weight is 513 g/mol. The summed E-state index contributed by atoms with van der Waals surface area (Å²) in [6.07, 6.45) is 1.34. The number of hydrogen-bond acceptors (Lipinski definition) is 5. The third-order valence-corrected chi connectivity index (χ3v) is 8.73. The summed E-state index contributed by atoms with van der Waals surface area (Å²) in [6, 6.07) is 14.2. The number of nitrogens with zero attached hydrogens (tertiary/aromatic N) is 2. The third kappa shape index (κ3) is 4.87. The molecular weight excluding hydrogens is 480 g/mol. The molecule has 2 aliphatic rings. The molecule has 0 saturated carbocycles. The Hall–Kier alpha value is -3.24. The van der Waals surface area contributed by atoms with E-state index >= 15 is 0 Å². The van der Waals surface area contributed by atoms with Crippen molar-refractivity contribution in [2.24, 2.45) is 11.8 Å². The highest BCUT2D eigenvalue weighted by Gasteiger charge is 2.51. The second kappa shape index (κ2) is 10.0. The number of urea groups is 1. The molecule has 2 N–H and O–H groups in total. The number of imide groups is 1. The van der Waals surface area contributed by atoms with Crippen molar-refractivity contribution >= 4 is 33.6 Å². The van der Waals surface area contributed by atoms with E-state index in [1.54, 1.807) is 31.2 Å². The third-order valence-electron chi connectivity index (χ3n) is 6.89. The van der Waals surface area contributed by atoms with E-state index in [2.05, 4.69) is 10.6 Å². The minimum absolute atomic E-state index is 0.159. The maximum Gasteiger partial charge on any atom is 0.325 e. The van der Waals surface area contributed by atoms with Crippen molar-refractivity contribution in [2.45, 2.75) is 44.0 Å². The van der Waals surface area contributed by atoms with E-state index in [0.29, 0.717) is 42.6 Å². The van der Waals surface area contributed by atoms with Gasteiger partial charge in [-0.15, -0.1) is 0 Å². The van der Waals surface area contributed by atoms with Crippen LogP contribution in [0.5, 0.6) is 0 Å². The van der Waals surface area contributed by atoms with Gasteiger partial charge in [-0.1, -0.05) is 51.1 Å². The molecule has 0 spiro atoms. The molecule has 0 radical (unpaired) electrons. The normalized spacial score (nSPS) is 25.0. The van der Waals surface area contributed by atoms with Crippen molar-refractivity contribution in [3.8, 4) is 0 Å². The molecule has 9 nitrogen and oxygen atoms in total. The fourth-order valence-electron chi connectivity index (χ4n) is 5.14. The predicted molar refractivity (Wildman–Crippen MR) is 135 cm³/mol. The van der Waals surface area contributed by atoms with Crippen LogP contribution in [0.3, 0.4) is 0 Å². The quantitative estimate of drug-likeness (QED) is 0.553. The van der Waals surface area contributed by atoms with Gasteiger partial charge in [-0.25, -0.2) is 13.2 Å². The highest BCUT2D eigenvalue weighted by atomic mass is 32.2. The lowest BCUT2D eigenvalue weighted by molar-refractivity contribution is -0.134. The maximum atomic E-state index is 13.2. The minimum Gasteiger partial charge on any atom is -0.325 e. The lowest BCUT2D eigenvalue weighted by atomic mass is 9.87. The summed E-state index contributed by atoms with van der Waals surface area (Å²) in [6.45, 7) is 6.41. The topological polar surface area (TPSA) is 116 Å². The van der Waals surface area contributed by atoms with Crippen LogP contribution in [0.2, 0.25) is 0 Å². The summed E-state index contributed by atoms with van der Waals surface area (Å²) in [5.41, 5.74) is -0.183. The first-order chi connectivity index (χ1) is 17.1. The average Bonchev–Trinajstić information content (AvgIpc) is 3.09. The highest BCUT2D eigenvalue weighted by molar-refractivity contribution is 7.89. The number of anilines is 1. The predicted octanol–water partition coefficient (Wildman–Crippen LogP) is 3.15. The Morgan fingerprint density at radius 1 is 1.03 bits per heavy atom. The number of amides is 4. The van der Waals surface area contributed by atoms with Crippen LogP contribution in [0, 0.1) is 11.8 Å². The number of carbonyl (C=O) groups excluding carboxylic acids is 3. The van der Waals surface area contributed by atoms with Gasteiger partial charge < -0.3 is 10.6 Å². The van der Waals surface area contributed by atoms with Crippen LogP contribution in [-0.2, 0) is 25.2 Å². The van der Waals surface area contributed by atoms with Gasteiger partial charge in [0.1, 0.15) is 12.1 Å². The Morgan fingerprint density at radius 3 is 2.22 bits per heavy atom. The van der Waals surface area contributed by atoms with Gasteiger partial charge >= 0.3 is 6.03 Å². The molecule has 2 fully saturated rings. The van der Waals surface area contributed by atoms with E-state index in [1.165, 1.54) is 28.6 Å². The van der Waals surface area contributed by atoms with Gasteiger partial charge in [0.05, 0.1) is 4.90 Å². The molecule has 4 rings (SSSR count). The first-order valence-electron chi connectivity index (χ1n) is 12.2. The number of rotatable bonds is 7. The molecule has 2 heterocycles. The van der Waals surface area contributed by atoms with E-state index in [-0.39, 0.29) is 4.90 Å². The van der Waals surface area contributed by atoms with E-state index in [1.807, 2.05) is 19.9 Å². The molecule has 0 aromatic heterocycles. The molecule has 0 bridgehead atoms. The fourth-order valence-corrected chi connectivity index (χ4v) is 6.82. The van der Waals surface area contributed by atoms with Crippen LogP contribution in [0.15, 0.2) is 59.5 Å². The van der Waals surface area contributed by atoms with Gasteiger partial charge in [-0.3, -0.25) is 14.5 Å². The number of benzene rings is 2. The van der Waals surface area contributed by atoms with Crippen molar-refractivity contribution in [1.82, 2.24) is 14.5 Å². The van der Waals surface area contributed by atoms with Crippen LogP contribution in [0.4, 0.5) is 10.5 Å². The van der Waals surface area contributed by atoms with E-state index < -0.39 is 40.0 Å². The van der Waals surface area contributed by atoms with Gasteiger partial charge in [-0.05, 0) is 54.5 Å². The Bertz CT molecular complexity index is 1240. The second-order valence-electron chi connectivity index (χ2n) is 9.79. The molecular formula is C26H32N4O5S. The summed E-state index contributed by atoms with van der Waals surface area (Å²) in [7, 11) is -3.63. The zero-order valence-corrected chi connectivity index (χ0v) is 21.5. The molecule has 4 amide bonds. The van der Waals surface area contributed by atoms with E-state index in [9.17, 15) is 22.8 Å². The van der Waals surface area contributed by atoms with E-state index in [4.69, 9.17) is 0 Å². The van der Waals surface area contributed by atoms with Crippen molar-refractivity contribution in [1.29, 1.82) is 0 Å². The molecule has 2 aliphatic heterocycles. The number of piperidine rings is 1. The van der Waals surface area contributed by atoms with Crippen molar-refractivity contribution in [2.75, 3.05) is 25.0 Å². The number of sulfonamides is 1. The molecule has 2 aromatic rings. The molecule has 192 valence electrons. The first kappa shape index (κ1) is 25.8. The zero-order valence-electron chi connectivity index (χ0n) is 20.7. The van der Waals surface area contributed by atoms with E-state index in [0.717, 1.165) is 11.3 Å². The Kier molecular flexibility index (Phi) is 7.19. The van der Waals surface area contributed by atoms with Gasteiger partial charge in [0.25, 0.3) is 5.91 Å². The molecule has 2 saturated heterocycles. The summed E-state index contributed by atoms with van der Waals surface area (Å²) < 4.78 is 27.7. The molecule has 2 aromatic carbocycles. The summed E-state index contributed by atoms with van der Waals surface area (Å²) in [5, 5.41) is 5.40. The summed E-state index contributed by atoms with van der Waals surface area (Å²) in [4.78, 5) is 39.6. The van der Waals surface area contributed by atoms with Gasteiger partial charge in [0.2, 0.25) is 15.9 Å². The zero-order chi connectivity index (χ0) is 26.1. The van der Waals surface area contributed by atoms with Gasteiger partial charge in [0.15, 0.2) is 0 Å². The summed E-state index contributed by atoms with van der Waals surface area (Å²) in [5.74, 6) is -0.461. The molecule has 36 heavy (non-hydrogen) atoms. The van der Waals surface area contributed by atoms with Crippen LogP contribution in [0.25, 0.3) is 0 Å². The molecule has 3 atom stereocenters. The smallest absolute Gasteiger partial charge is 0.325 e. The highest BCUT2D eigenvalue weighted by Crippen LogP contribution is 2.32. The molecule has 0 unspecified atom stereocenters. The second-order valence-corrected chi connectivity index (χ2v) is 11.7. The summed E-state index contributed by atoms with van der Waals surface area (Å²) >= 11 is 0. The lowest BCUT2D eigenvalue weighted by Gasteiger charge is -2.34. The Labute approximate surface area is 211 Å². The van der Waals surface area contributed by atoms with Crippen LogP contribution >= 0.6 is 0 Å². The number of nitrogens with one attached hydrogen (secondary N) is 2. The Morgan fingerprint density at radius 2 is 1.64 bits per heavy atom. The monoisotopic (exact) mass is 512 g/mol. The van der Waals surface area contributed by atoms with Crippen molar-refractivity contribution in [3.05, 3.63) is 60.2 Å². The minimum atomic E-state index is -3.63. The number of hydrogen-bond donors (Lipinski definition) is 2. The SMILES string of the molecule is CC[C@@]1(c2ccccc2)NC(=O)N(CC(=O)Nc2ccc(S(=O)(=O)N3C[C@H](C)C[C@H](C)C3)cc2)C1=O. The largest absolute Gasteiger partial charge is 0.325 e.